The highest BCUT2D eigenvalue weighted by atomic mass is 35.5. The van der Waals surface area contributed by atoms with Crippen LogP contribution in [0.1, 0.15) is 86.1 Å². The Labute approximate surface area is 281 Å². The highest BCUT2D eigenvalue weighted by Crippen LogP contribution is 2.65. The van der Waals surface area contributed by atoms with Crippen LogP contribution in [0.2, 0.25) is 0 Å². The summed E-state index contributed by atoms with van der Waals surface area (Å²) in [6, 6.07) is 7.25. The lowest BCUT2D eigenvalue weighted by Crippen LogP contribution is -2.58. The van der Waals surface area contributed by atoms with E-state index in [0.29, 0.717) is 13.0 Å². The number of Topliss-reactive ketones (excluding diaryl/α,β-unsaturated/α-hetero) is 3. The number of hydrogen-bond acceptors (Lipinski definition) is 7. The van der Waals surface area contributed by atoms with Gasteiger partial charge >= 0.3 is 6.09 Å². The Kier molecular flexibility index (Phi) is 12.1. The van der Waals surface area contributed by atoms with Crippen LogP contribution < -0.4 is 10.6 Å². The lowest BCUT2D eigenvalue weighted by molar-refractivity contribution is -0.144. The second-order valence-electron chi connectivity index (χ2n) is 14.4. The third-order valence-electron chi connectivity index (χ3n) is 8.36. The number of alkyl halides is 2. The number of halogens is 2. The predicted molar refractivity (Wildman–Crippen MR) is 175 cm³/mol. The van der Waals surface area contributed by atoms with Crippen LogP contribution in [0.25, 0.3) is 0 Å². The molecule has 0 bridgehead atoms. The Bertz CT molecular complexity index is 1320. The van der Waals surface area contributed by atoms with Gasteiger partial charge in [-0.05, 0) is 38.2 Å². The molecule has 1 aliphatic heterocycles. The molecule has 2 fully saturated rings. The number of rotatable bonds is 14. The Morgan fingerprint density at radius 3 is 2.20 bits per heavy atom. The van der Waals surface area contributed by atoms with Gasteiger partial charge in [0.1, 0.15) is 16.0 Å². The van der Waals surface area contributed by atoms with Gasteiger partial charge in [-0.1, -0.05) is 64.4 Å². The van der Waals surface area contributed by atoms with Gasteiger partial charge in [0.15, 0.2) is 11.6 Å². The first kappa shape index (κ1) is 37.5. The van der Waals surface area contributed by atoms with Crippen molar-refractivity contribution in [3.63, 3.8) is 0 Å². The lowest BCUT2D eigenvalue weighted by Gasteiger charge is -2.37. The molecule has 10 nitrogen and oxygen atoms in total. The molecule has 1 saturated heterocycles. The van der Waals surface area contributed by atoms with Crippen molar-refractivity contribution in [3.8, 4) is 0 Å². The summed E-state index contributed by atoms with van der Waals surface area (Å²) in [5.74, 6) is -4.51. The van der Waals surface area contributed by atoms with Gasteiger partial charge in [-0.25, -0.2) is 4.79 Å². The summed E-state index contributed by atoms with van der Waals surface area (Å²) in [5.41, 5.74) is -0.623. The summed E-state index contributed by atoms with van der Waals surface area (Å²) >= 11 is 13.0. The zero-order chi connectivity index (χ0) is 34.6. The molecule has 0 spiro atoms. The zero-order valence-corrected chi connectivity index (χ0v) is 29.3. The number of benzene rings is 1. The van der Waals surface area contributed by atoms with Gasteiger partial charge in [0.2, 0.25) is 17.6 Å². The standard InChI is InChI=1S/C34H47Cl2N3O7/c1-8-12-21(28(43)23(40)15-16-25(42)37-18-20-13-10-9-11-14-20)17-24(41)27-26-22(34(26,35)36)19-39(27)30(44)29(32(2,3)4)38-31(45)46-33(5,6)7/h9-11,13-14,21-22,26-27,29H,8,12,15-19H2,1-7H3,(H,37,42)(H,38,45)/t21?,22-,26-,27+,29+/m0/s1. The number of amides is 3. The summed E-state index contributed by atoms with van der Waals surface area (Å²) in [6.45, 7) is 12.8. The SMILES string of the molecule is CCCC(CC(=O)[C@@H]1[C@@H]2[C@H](CN1C(=O)[C@@H](NC(=O)OC(C)(C)C)C(C)(C)C)C2(Cl)Cl)C(=O)C(=O)CCC(=O)NCc1ccccc1. The zero-order valence-electron chi connectivity index (χ0n) is 27.8. The highest BCUT2D eigenvalue weighted by molar-refractivity contribution is 6.51. The fraction of sp³-hybridized carbons (Fsp3) is 0.647. The van der Waals surface area contributed by atoms with E-state index in [1.54, 1.807) is 41.5 Å². The van der Waals surface area contributed by atoms with Crippen molar-refractivity contribution < 1.29 is 33.5 Å². The van der Waals surface area contributed by atoms with Gasteiger partial charge in [-0.15, -0.1) is 23.2 Å². The van der Waals surface area contributed by atoms with Crippen molar-refractivity contribution >= 4 is 58.5 Å². The van der Waals surface area contributed by atoms with Crippen molar-refractivity contribution in [2.75, 3.05) is 6.54 Å². The smallest absolute Gasteiger partial charge is 0.408 e. The van der Waals surface area contributed by atoms with Crippen LogP contribution in [0.3, 0.4) is 0 Å². The van der Waals surface area contributed by atoms with E-state index in [1.807, 2.05) is 37.3 Å². The second kappa shape index (κ2) is 14.8. The molecule has 0 radical (unpaired) electrons. The average Bonchev–Trinajstić information content (AvgIpc) is 3.27. The predicted octanol–water partition coefficient (Wildman–Crippen LogP) is 5.17. The number of alkyl carbamates (subject to hydrolysis) is 1. The number of carbonyl (C=O) groups is 6. The van der Waals surface area contributed by atoms with Gasteiger partial charge in [-0.2, -0.15) is 0 Å². The van der Waals surface area contributed by atoms with E-state index >= 15 is 0 Å². The van der Waals surface area contributed by atoms with Crippen molar-refractivity contribution in [1.82, 2.24) is 15.5 Å². The maximum atomic E-state index is 14.0. The number of ketones is 3. The van der Waals surface area contributed by atoms with E-state index in [0.717, 1.165) is 5.56 Å². The number of carbonyl (C=O) groups excluding carboxylic acids is 6. The van der Waals surface area contributed by atoms with E-state index in [9.17, 15) is 28.8 Å². The molecule has 254 valence electrons. The van der Waals surface area contributed by atoms with Crippen LogP contribution >= 0.6 is 23.2 Å². The second-order valence-corrected chi connectivity index (χ2v) is 15.8. The van der Waals surface area contributed by atoms with Crippen molar-refractivity contribution in [2.45, 2.75) is 109 Å². The molecule has 3 amide bonds. The topological polar surface area (TPSA) is 139 Å². The van der Waals surface area contributed by atoms with Gasteiger partial charge in [0.25, 0.3) is 0 Å². The van der Waals surface area contributed by atoms with Gasteiger partial charge in [0.05, 0.1) is 6.04 Å². The van der Waals surface area contributed by atoms with Crippen molar-refractivity contribution in [1.29, 1.82) is 0 Å². The molecule has 12 heteroatoms. The molecule has 5 atom stereocenters. The van der Waals surface area contributed by atoms with Crippen LogP contribution in [-0.4, -0.2) is 68.7 Å². The maximum Gasteiger partial charge on any atom is 0.408 e. The minimum atomic E-state index is -1.21. The molecule has 1 aliphatic carbocycles. The minimum absolute atomic E-state index is 0.110. The van der Waals surface area contributed by atoms with Gasteiger partial charge in [-0.3, -0.25) is 24.0 Å². The van der Waals surface area contributed by atoms with Crippen LogP contribution in [0, 0.1) is 23.2 Å². The van der Waals surface area contributed by atoms with Gasteiger partial charge < -0.3 is 20.3 Å². The molecule has 2 aliphatic rings. The molecule has 2 N–H and O–H groups in total. The third kappa shape index (κ3) is 9.53. The van der Waals surface area contributed by atoms with Crippen LogP contribution in [0.15, 0.2) is 30.3 Å². The summed E-state index contributed by atoms with van der Waals surface area (Å²) in [5, 5.41) is 5.41. The summed E-state index contributed by atoms with van der Waals surface area (Å²) in [7, 11) is 0. The van der Waals surface area contributed by atoms with E-state index < -0.39 is 68.6 Å². The van der Waals surface area contributed by atoms with E-state index in [4.69, 9.17) is 27.9 Å². The molecule has 1 unspecified atom stereocenters. The molecule has 1 heterocycles. The average molecular weight is 681 g/mol. The highest BCUT2D eigenvalue weighted by Gasteiger charge is 2.73. The summed E-state index contributed by atoms with van der Waals surface area (Å²) in [4.78, 5) is 80.5. The lowest BCUT2D eigenvalue weighted by atomic mass is 9.84. The number of piperidine rings is 1. The van der Waals surface area contributed by atoms with Gasteiger partial charge in [0, 0.05) is 50.1 Å². The third-order valence-corrected chi connectivity index (χ3v) is 9.43. The maximum absolute atomic E-state index is 14.0. The molecule has 1 aromatic carbocycles. The minimum Gasteiger partial charge on any atom is -0.444 e. The number of nitrogens with one attached hydrogen (secondary N) is 2. The number of ether oxygens (including phenoxy) is 1. The van der Waals surface area contributed by atoms with E-state index in [-0.39, 0.29) is 44.1 Å². The summed E-state index contributed by atoms with van der Waals surface area (Å²) in [6.07, 6.45) is -0.656. The molecule has 3 rings (SSSR count). The number of nitrogens with zero attached hydrogens (tertiary/aromatic N) is 1. The fourth-order valence-electron chi connectivity index (χ4n) is 5.94. The number of likely N-dealkylation sites (tertiary alicyclic amines) is 1. The molecular weight excluding hydrogens is 633 g/mol. The largest absolute Gasteiger partial charge is 0.444 e. The number of fused-ring (bicyclic) bond motifs is 1. The molecular formula is C34H47Cl2N3O7. The van der Waals surface area contributed by atoms with E-state index in [1.165, 1.54) is 4.90 Å². The molecule has 1 saturated carbocycles. The Hall–Kier alpha value is -2.98. The summed E-state index contributed by atoms with van der Waals surface area (Å²) < 4.78 is 4.18. The Morgan fingerprint density at radius 2 is 1.63 bits per heavy atom. The first-order valence-corrected chi connectivity index (χ1v) is 16.6. The quantitative estimate of drug-likeness (QED) is 0.204. The first-order valence-electron chi connectivity index (χ1n) is 15.9. The van der Waals surface area contributed by atoms with Crippen LogP contribution in [-0.2, 0) is 35.3 Å². The Balaban J connectivity index is 1.70. The van der Waals surface area contributed by atoms with Crippen molar-refractivity contribution in [2.24, 2.45) is 23.2 Å². The molecule has 46 heavy (non-hydrogen) atoms. The first-order chi connectivity index (χ1) is 21.3. The molecule has 1 aromatic rings. The normalized spacial score (nSPS) is 21.4. The number of hydrogen-bond donors (Lipinski definition) is 2. The fourth-order valence-corrected chi connectivity index (χ4v) is 6.77. The van der Waals surface area contributed by atoms with Crippen LogP contribution in [0.4, 0.5) is 4.79 Å². The molecule has 0 aromatic heterocycles. The van der Waals surface area contributed by atoms with E-state index in [2.05, 4.69) is 10.6 Å². The van der Waals surface area contributed by atoms with Crippen LogP contribution in [0.5, 0.6) is 0 Å². The monoisotopic (exact) mass is 679 g/mol. The Morgan fingerprint density at radius 1 is 1.00 bits per heavy atom. The van der Waals surface area contributed by atoms with Crippen molar-refractivity contribution in [3.05, 3.63) is 35.9 Å².